The van der Waals surface area contributed by atoms with Crippen LogP contribution in [0.25, 0.3) is 16.7 Å². The summed E-state index contributed by atoms with van der Waals surface area (Å²) in [5.41, 5.74) is 6.65. The van der Waals surface area contributed by atoms with Gasteiger partial charge < -0.3 is 20.4 Å². The molecule has 5 rings (SSSR count). The molecule has 1 aromatic carbocycles. The fourth-order valence-corrected chi connectivity index (χ4v) is 5.09. The number of aliphatic hydroxyl groups is 4. The molecule has 204 valence electrons. The zero-order valence-electron chi connectivity index (χ0n) is 22.2. The first-order chi connectivity index (χ1) is 19.4. The summed E-state index contributed by atoms with van der Waals surface area (Å²) >= 11 is 0. The number of aliphatic hydroxyl groups excluding tert-OH is 2. The number of benzene rings is 1. The van der Waals surface area contributed by atoms with Gasteiger partial charge in [0.1, 0.15) is 19.6 Å². The average Bonchev–Trinajstić information content (AvgIpc) is 2.95. The third-order valence-corrected chi connectivity index (χ3v) is 7.16. The second kappa shape index (κ2) is 12.4. The lowest BCUT2D eigenvalue weighted by molar-refractivity contribution is -0.893. The van der Waals surface area contributed by atoms with Crippen molar-refractivity contribution in [3.8, 4) is 11.1 Å². The molecule has 8 heteroatoms. The monoisotopic (exact) mass is 539 g/mol. The van der Waals surface area contributed by atoms with E-state index in [2.05, 4.69) is 76.7 Å². The normalized spacial score (nSPS) is 16.9. The van der Waals surface area contributed by atoms with Gasteiger partial charge in [0, 0.05) is 47.8 Å². The van der Waals surface area contributed by atoms with Crippen LogP contribution in [-0.2, 0) is 19.6 Å². The molecule has 3 aromatic heterocycles. The Morgan fingerprint density at radius 3 is 1.85 bits per heavy atom. The zero-order valence-corrected chi connectivity index (χ0v) is 22.2. The molecule has 1 atom stereocenters. The number of hydrogen-bond acceptors (Lipinski definition) is 5. The van der Waals surface area contributed by atoms with Crippen molar-refractivity contribution in [2.45, 2.75) is 32.2 Å². The van der Waals surface area contributed by atoms with Gasteiger partial charge >= 0.3 is 0 Å². The predicted molar refractivity (Wildman–Crippen MR) is 149 cm³/mol. The highest BCUT2D eigenvalue weighted by Gasteiger charge is 2.30. The van der Waals surface area contributed by atoms with E-state index in [-0.39, 0.29) is 13.1 Å². The van der Waals surface area contributed by atoms with Crippen LogP contribution in [0.3, 0.4) is 0 Å². The molecule has 4 heterocycles. The highest BCUT2D eigenvalue weighted by molar-refractivity contribution is 5.74. The molecular weight excluding hydrogens is 504 g/mol. The summed E-state index contributed by atoms with van der Waals surface area (Å²) in [6.45, 7) is 2.41. The molecule has 4 N–H and O–H groups in total. The van der Waals surface area contributed by atoms with Crippen molar-refractivity contribution in [1.29, 1.82) is 0 Å². The van der Waals surface area contributed by atoms with Crippen LogP contribution in [0.4, 0.5) is 0 Å². The molecule has 0 fully saturated rings. The van der Waals surface area contributed by atoms with E-state index in [1.54, 1.807) is 17.0 Å². The van der Waals surface area contributed by atoms with Crippen molar-refractivity contribution >= 4 is 5.57 Å². The highest BCUT2D eigenvalue weighted by Crippen LogP contribution is 2.26. The summed E-state index contributed by atoms with van der Waals surface area (Å²) in [6, 6.07) is 20.5. The molecule has 0 radical (unpaired) electrons. The number of hydrogen-bond donors (Lipinski definition) is 4. The van der Waals surface area contributed by atoms with Crippen LogP contribution >= 0.6 is 0 Å². The lowest BCUT2D eigenvalue weighted by Gasteiger charge is -2.36. The topological polar surface area (TPSA) is 102 Å². The van der Waals surface area contributed by atoms with Gasteiger partial charge in [-0.05, 0) is 46.5 Å². The minimum atomic E-state index is -1.40. The third-order valence-electron chi connectivity index (χ3n) is 7.16. The molecule has 0 spiro atoms. The smallest absolute Gasteiger partial charge is 0.212 e. The van der Waals surface area contributed by atoms with Crippen molar-refractivity contribution in [1.82, 2.24) is 4.98 Å². The number of pyridine rings is 3. The van der Waals surface area contributed by atoms with Gasteiger partial charge in [0.05, 0.1) is 6.20 Å². The van der Waals surface area contributed by atoms with Gasteiger partial charge in [0.25, 0.3) is 0 Å². The van der Waals surface area contributed by atoms with Crippen molar-refractivity contribution in [3.63, 3.8) is 0 Å². The van der Waals surface area contributed by atoms with E-state index in [1.807, 2.05) is 36.7 Å². The SMILES string of the molecule is OC(O)C[n+]1ccc(-c2cc[n+](Cc3ccc(C[N+]4(CC(O)O)C=CC(c5ccncc5)=CC4)cc3)cc2)cc1. The van der Waals surface area contributed by atoms with Gasteiger partial charge in [-0.25, -0.2) is 4.57 Å². The Hall–Kier alpha value is -4.05. The van der Waals surface area contributed by atoms with Crippen LogP contribution in [-0.4, -0.2) is 55.6 Å². The molecule has 4 aromatic rings. The molecule has 8 nitrogen and oxygen atoms in total. The number of aromatic nitrogens is 3. The lowest BCUT2D eigenvalue weighted by Crippen LogP contribution is -2.48. The van der Waals surface area contributed by atoms with E-state index in [0.717, 1.165) is 34.4 Å². The summed E-state index contributed by atoms with van der Waals surface area (Å²) in [5.74, 6) is 0. The quantitative estimate of drug-likeness (QED) is 0.140. The molecular formula is C32H35N4O4+3. The van der Waals surface area contributed by atoms with Crippen molar-refractivity contribution in [3.05, 3.63) is 133 Å². The largest absolute Gasteiger partial charge is 0.364 e. The van der Waals surface area contributed by atoms with Gasteiger partial charge in [-0.1, -0.05) is 24.3 Å². The van der Waals surface area contributed by atoms with Crippen LogP contribution in [0.1, 0.15) is 16.7 Å². The van der Waals surface area contributed by atoms with Gasteiger partial charge in [-0.3, -0.25) is 9.47 Å². The minimum Gasteiger partial charge on any atom is -0.364 e. The molecule has 1 aliphatic heterocycles. The Kier molecular flexibility index (Phi) is 8.54. The third kappa shape index (κ3) is 7.12. The van der Waals surface area contributed by atoms with Gasteiger partial charge in [0.15, 0.2) is 37.9 Å². The fourth-order valence-electron chi connectivity index (χ4n) is 5.09. The van der Waals surface area contributed by atoms with Crippen molar-refractivity contribution in [2.24, 2.45) is 0 Å². The first-order valence-electron chi connectivity index (χ1n) is 13.3. The number of quaternary nitrogens is 1. The highest BCUT2D eigenvalue weighted by atomic mass is 16.5. The van der Waals surface area contributed by atoms with E-state index in [1.165, 1.54) is 5.56 Å². The van der Waals surface area contributed by atoms with Gasteiger partial charge in [-0.15, -0.1) is 0 Å². The number of rotatable bonds is 10. The second-order valence-corrected chi connectivity index (χ2v) is 10.3. The van der Waals surface area contributed by atoms with E-state index in [9.17, 15) is 10.2 Å². The molecule has 0 saturated heterocycles. The Balaban J connectivity index is 1.22. The standard InChI is InChI=1S/C32H35N4O4/c37-31(38)22-35-17-9-29(10-18-35)28-7-15-34(16-8-28)21-25-1-3-26(4-2-25)23-36(24-32(39)40)19-11-30(12-20-36)27-5-13-33-14-6-27/h1-19,31-32,37-40H,20-24H2/q+3. The summed E-state index contributed by atoms with van der Waals surface area (Å²) in [4.78, 5) is 4.09. The Labute approximate surface area is 233 Å². The van der Waals surface area contributed by atoms with E-state index < -0.39 is 12.6 Å². The van der Waals surface area contributed by atoms with Crippen molar-refractivity contribution in [2.75, 3.05) is 13.1 Å². The average molecular weight is 540 g/mol. The summed E-state index contributed by atoms with van der Waals surface area (Å²) in [5, 5.41) is 37.9. The fraction of sp³-hybridized carbons (Fsp3) is 0.219. The zero-order chi connectivity index (χ0) is 28.0. The van der Waals surface area contributed by atoms with E-state index in [4.69, 9.17) is 10.2 Å². The number of allylic oxidation sites excluding steroid dienone is 2. The maximum atomic E-state index is 9.83. The predicted octanol–water partition coefficient (Wildman–Crippen LogP) is 1.92. The first kappa shape index (κ1) is 27.5. The van der Waals surface area contributed by atoms with Crippen LogP contribution in [0.15, 0.2) is 116 Å². The molecule has 1 unspecified atom stereocenters. The van der Waals surface area contributed by atoms with Crippen LogP contribution in [0.5, 0.6) is 0 Å². The molecule has 0 bridgehead atoms. The Morgan fingerprint density at radius 1 is 0.700 bits per heavy atom. The lowest BCUT2D eigenvalue weighted by atomic mass is 10.0. The van der Waals surface area contributed by atoms with Crippen molar-refractivity contribution < 1.29 is 34.0 Å². The first-order valence-corrected chi connectivity index (χ1v) is 13.3. The molecule has 1 aliphatic rings. The molecule has 0 aliphatic carbocycles. The maximum absolute atomic E-state index is 9.83. The van der Waals surface area contributed by atoms with Gasteiger partial charge in [-0.2, -0.15) is 4.57 Å². The van der Waals surface area contributed by atoms with Crippen LogP contribution in [0, 0.1) is 0 Å². The number of nitrogens with zero attached hydrogens (tertiary/aromatic N) is 4. The van der Waals surface area contributed by atoms with E-state index in [0.29, 0.717) is 17.6 Å². The van der Waals surface area contributed by atoms with Crippen LogP contribution < -0.4 is 9.13 Å². The Bertz CT molecular complexity index is 1450. The molecule has 0 amide bonds. The molecule has 40 heavy (non-hydrogen) atoms. The molecule has 0 saturated carbocycles. The maximum Gasteiger partial charge on any atom is 0.212 e. The Morgan fingerprint density at radius 2 is 1.30 bits per heavy atom. The van der Waals surface area contributed by atoms with Gasteiger partial charge in [0.2, 0.25) is 12.6 Å². The minimum absolute atomic E-state index is 0.137. The summed E-state index contributed by atoms with van der Waals surface area (Å²) in [6.07, 6.45) is 14.8. The van der Waals surface area contributed by atoms with Crippen LogP contribution in [0.2, 0.25) is 0 Å². The summed E-state index contributed by atoms with van der Waals surface area (Å²) < 4.78 is 4.29. The second-order valence-electron chi connectivity index (χ2n) is 10.3. The summed E-state index contributed by atoms with van der Waals surface area (Å²) in [7, 11) is 0. The van der Waals surface area contributed by atoms with E-state index >= 15 is 0 Å².